The molecule has 12 heteroatoms. The van der Waals surface area contributed by atoms with E-state index in [2.05, 4.69) is 10.6 Å². The predicted octanol–water partition coefficient (Wildman–Crippen LogP) is -2.47. The number of nitrogens with one attached hydrogen (secondary N) is 2. The lowest BCUT2D eigenvalue weighted by molar-refractivity contribution is -0.142. The minimum Gasteiger partial charge on any atom is -0.480 e. The third kappa shape index (κ3) is 11.6. The van der Waals surface area contributed by atoms with Gasteiger partial charge in [-0.25, -0.2) is 4.79 Å². The van der Waals surface area contributed by atoms with Crippen molar-refractivity contribution in [3.05, 3.63) is 0 Å². The second-order valence-electron chi connectivity index (χ2n) is 6.42. The predicted molar refractivity (Wildman–Crippen MR) is 104 cm³/mol. The lowest BCUT2D eigenvalue weighted by Crippen LogP contribution is -2.54. The Morgan fingerprint density at radius 2 is 1.61 bits per heavy atom. The number of aliphatic carboxylic acids is 1. The molecule has 0 aromatic rings. The highest BCUT2D eigenvalue weighted by Gasteiger charge is 2.27. The molecule has 3 amide bonds. The SMILES string of the molecule is CS(=O)CCC(NC(=O)C(N)CCC(N)=O)C(=O)NC(CCCCN)C(=O)O. The van der Waals surface area contributed by atoms with Gasteiger partial charge >= 0.3 is 5.97 Å². The normalized spacial score (nSPS) is 15.1. The average molecular weight is 422 g/mol. The molecule has 11 nitrogen and oxygen atoms in total. The maximum absolute atomic E-state index is 12.5. The first-order valence-corrected chi connectivity index (χ1v) is 10.7. The van der Waals surface area contributed by atoms with Crippen LogP contribution in [0.1, 0.15) is 38.5 Å². The fraction of sp³-hybridized carbons (Fsp3) is 0.750. The number of carboxylic acids is 1. The zero-order valence-corrected chi connectivity index (χ0v) is 16.8. The van der Waals surface area contributed by atoms with Crippen LogP contribution in [0.5, 0.6) is 0 Å². The smallest absolute Gasteiger partial charge is 0.326 e. The molecule has 0 aliphatic heterocycles. The van der Waals surface area contributed by atoms with Gasteiger partial charge in [0.05, 0.1) is 6.04 Å². The van der Waals surface area contributed by atoms with Gasteiger partial charge in [-0.05, 0) is 38.6 Å². The van der Waals surface area contributed by atoms with Crippen molar-refractivity contribution in [1.29, 1.82) is 0 Å². The minimum atomic E-state index is -1.22. The fourth-order valence-electron chi connectivity index (χ4n) is 2.28. The molecule has 4 unspecified atom stereocenters. The van der Waals surface area contributed by atoms with Crippen molar-refractivity contribution in [2.24, 2.45) is 17.2 Å². The van der Waals surface area contributed by atoms with Gasteiger partial charge < -0.3 is 32.9 Å². The summed E-state index contributed by atoms with van der Waals surface area (Å²) in [6.45, 7) is 0.407. The first-order chi connectivity index (χ1) is 13.1. The van der Waals surface area contributed by atoms with Gasteiger partial charge in [0.25, 0.3) is 0 Å². The van der Waals surface area contributed by atoms with Crippen molar-refractivity contribution in [1.82, 2.24) is 10.6 Å². The van der Waals surface area contributed by atoms with Crippen molar-refractivity contribution in [3.63, 3.8) is 0 Å². The van der Waals surface area contributed by atoms with Crippen molar-refractivity contribution >= 4 is 34.5 Å². The summed E-state index contributed by atoms with van der Waals surface area (Å²) < 4.78 is 11.4. The Bertz CT molecular complexity index is 574. The summed E-state index contributed by atoms with van der Waals surface area (Å²) in [5.41, 5.74) is 16.1. The maximum Gasteiger partial charge on any atom is 0.326 e. The number of hydrogen-bond acceptors (Lipinski definition) is 7. The molecule has 0 saturated carbocycles. The van der Waals surface area contributed by atoms with E-state index in [4.69, 9.17) is 17.2 Å². The van der Waals surface area contributed by atoms with E-state index in [1.165, 1.54) is 6.26 Å². The zero-order valence-electron chi connectivity index (χ0n) is 16.0. The van der Waals surface area contributed by atoms with Crippen molar-refractivity contribution in [2.45, 2.75) is 56.7 Å². The van der Waals surface area contributed by atoms with Crippen LogP contribution in [0.15, 0.2) is 0 Å². The summed E-state index contributed by atoms with van der Waals surface area (Å²) in [6, 6.07) is -3.30. The Balaban J connectivity index is 5.01. The van der Waals surface area contributed by atoms with Gasteiger partial charge in [-0.3, -0.25) is 18.6 Å². The van der Waals surface area contributed by atoms with Gasteiger partial charge in [-0.2, -0.15) is 0 Å². The topological polar surface area (TPSA) is 208 Å². The molecule has 0 aromatic heterocycles. The van der Waals surface area contributed by atoms with E-state index in [1.807, 2.05) is 0 Å². The molecule has 9 N–H and O–H groups in total. The third-order valence-electron chi connectivity index (χ3n) is 3.93. The van der Waals surface area contributed by atoms with E-state index >= 15 is 0 Å². The number of primary amides is 1. The fourth-order valence-corrected chi connectivity index (χ4v) is 2.85. The zero-order chi connectivity index (χ0) is 21.7. The van der Waals surface area contributed by atoms with E-state index in [9.17, 15) is 28.5 Å². The van der Waals surface area contributed by atoms with Gasteiger partial charge in [-0.1, -0.05) is 0 Å². The number of unbranched alkanes of at least 4 members (excludes halogenated alkanes) is 1. The van der Waals surface area contributed by atoms with E-state index in [0.717, 1.165) is 0 Å². The van der Waals surface area contributed by atoms with Crippen LogP contribution in [0, 0.1) is 0 Å². The maximum atomic E-state index is 12.5. The second kappa shape index (κ2) is 14.0. The van der Waals surface area contributed by atoms with Gasteiger partial charge in [0.15, 0.2) is 0 Å². The Kier molecular flexibility index (Phi) is 13.0. The van der Waals surface area contributed by atoms with Crippen LogP contribution in [0.25, 0.3) is 0 Å². The van der Waals surface area contributed by atoms with Crippen LogP contribution in [0.2, 0.25) is 0 Å². The van der Waals surface area contributed by atoms with Crippen LogP contribution in [0.3, 0.4) is 0 Å². The second-order valence-corrected chi connectivity index (χ2v) is 7.98. The third-order valence-corrected chi connectivity index (χ3v) is 4.74. The number of nitrogens with two attached hydrogens (primary N) is 3. The van der Waals surface area contributed by atoms with Gasteiger partial charge in [-0.15, -0.1) is 0 Å². The molecule has 0 rings (SSSR count). The number of amides is 3. The van der Waals surface area contributed by atoms with Crippen LogP contribution >= 0.6 is 0 Å². The molecule has 0 spiro atoms. The molecule has 0 radical (unpaired) electrons. The molecular formula is C16H31N5O6S. The highest BCUT2D eigenvalue weighted by atomic mass is 32.2. The van der Waals surface area contributed by atoms with Crippen LogP contribution in [-0.4, -0.2) is 69.7 Å². The number of rotatable bonds is 15. The first kappa shape index (κ1) is 26.0. The standard InChI is InChI=1S/C16H31N5O6S/c1-28(27)9-7-11(20-14(23)10(18)5-6-13(19)22)15(24)21-12(16(25)26)4-2-3-8-17/h10-12H,2-9,17-18H2,1H3,(H2,19,22)(H,20,23)(H,21,24)(H,25,26). The lowest BCUT2D eigenvalue weighted by atomic mass is 10.1. The molecule has 0 aliphatic rings. The van der Waals surface area contributed by atoms with Crippen LogP contribution < -0.4 is 27.8 Å². The van der Waals surface area contributed by atoms with Gasteiger partial charge in [0.1, 0.15) is 12.1 Å². The number of carboxylic acid groups (broad SMARTS) is 1. The molecule has 0 fully saturated rings. The number of hydrogen-bond donors (Lipinski definition) is 6. The summed E-state index contributed by atoms with van der Waals surface area (Å²) in [4.78, 5) is 46.8. The number of carbonyl (C=O) groups excluding carboxylic acids is 3. The van der Waals surface area contributed by atoms with E-state index < -0.39 is 52.6 Å². The largest absolute Gasteiger partial charge is 0.480 e. The molecule has 0 bridgehead atoms. The molecule has 0 heterocycles. The molecule has 4 atom stereocenters. The molecule has 0 aliphatic carbocycles. The van der Waals surface area contributed by atoms with E-state index in [0.29, 0.717) is 19.4 Å². The van der Waals surface area contributed by atoms with Crippen molar-refractivity contribution in [3.8, 4) is 0 Å². The van der Waals surface area contributed by atoms with E-state index in [1.54, 1.807) is 0 Å². The minimum absolute atomic E-state index is 0.00601. The van der Waals surface area contributed by atoms with E-state index in [-0.39, 0.29) is 31.4 Å². The summed E-state index contributed by atoms with van der Waals surface area (Å²) in [7, 11) is -1.22. The average Bonchev–Trinajstić information content (AvgIpc) is 2.61. The summed E-state index contributed by atoms with van der Waals surface area (Å²) in [5, 5.41) is 14.1. The van der Waals surface area contributed by atoms with Crippen molar-refractivity contribution < 1.29 is 28.5 Å². The highest BCUT2D eigenvalue weighted by molar-refractivity contribution is 7.84. The Morgan fingerprint density at radius 1 is 1.00 bits per heavy atom. The van der Waals surface area contributed by atoms with Gasteiger partial charge in [0, 0.05) is 29.2 Å². The van der Waals surface area contributed by atoms with Crippen molar-refractivity contribution in [2.75, 3.05) is 18.6 Å². The van der Waals surface area contributed by atoms with Gasteiger partial charge in [0.2, 0.25) is 17.7 Å². The summed E-state index contributed by atoms with van der Waals surface area (Å²) in [6.07, 6.45) is 2.72. The van der Waals surface area contributed by atoms with Crippen LogP contribution in [-0.2, 0) is 30.0 Å². The summed E-state index contributed by atoms with van der Waals surface area (Å²) in [5.74, 6) is -3.08. The first-order valence-electron chi connectivity index (χ1n) is 8.96. The Labute approximate surface area is 166 Å². The molecule has 0 aromatic carbocycles. The number of carbonyl (C=O) groups is 4. The Morgan fingerprint density at radius 3 is 2.11 bits per heavy atom. The monoisotopic (exact) mass is 421 g/mol. The quantitative estimate of drug-likeness (QED) is 0.156. The summed E-state index contributed by atoms with van der Waals surface area (Å²) >= 11 is 0. The molecular weight excluding hydrogens is 390 g/mol. The van der Waals surface area contributed by atoms with Crippen LogP contribution in [0.4, 0.5) is 0 Å². The lowest BCUT2D eigenvalue weighted by Gasteiger charge is -2.22. The molecule has 0 saturated heterocycles. The molecule has 162 valence electrons. The highest BCUT2D eigenvalue weighted by Crippen LogP contribution is 2.04. The Hall–Kier alpha value is -2.05. The molecule has 28 heavy (non-hydrogen) atoms.